The number of hydrogen-bond donors (Lipinski definition) is 2. The molecule has 0 saturated heterocycles. The van der Waals surface area contributed by atoms with E-state index in [0.717, 1.165) is 5.56 Å². The third-order valence-corrected chi connectivity index (χ3v) is 4.04. The zero-order chi connectivity index (χ0) is 16.2. The summed E-state index contributed by atoms with van der Waals surface area (Å²) in [5.74, 6) is -1.81. The Labute approximate surface area is 129 Å². The molecule has 2 unspecified atom stereocenters. The Bertz CT molecular complexity index is 628. The van der Waals surface area contributed by atoms with Gasteiger partial charge in [0.25, 0.3) is 0 Å². The zero-order valence-electron chi connectivity index (χ0n) is 12.4. The summed E-state index contributed by atoms with van der Waals surface area (Å²) < 4.78 is 13.0. The van der Waals surface area contributed by atoms with Crippen LogP contribution in [-0.4, -0.2) is 22.8 Å². The molecule has 1 aromatic rings. The summed E-state index contributed by atoms with van der Waals surface area (Å²) in [6, 6.07) is 5.88. The smallest absolute Gasteiger partial charge is 0.311 e. The summed E-state index contributed by atoms with van der Waals surface area (Å²) in [5, 5.41) is 18.9. The fourth-order valence-corrected chi connectivity index (χ4v) is 2.61. The molecule has 0 aliphatic heterocycles. The van der Waals surface area contributed by atoms with Crippen LogP contribution in [0.15, 0.2) is 54.6 Å². The molecule has 116 valence electrons. The van der Waals surface area contributed by atoms with Gasteiger partial charge < -0.3 is 10.2 Å². The largest absolute Gasteiger partial charge is 0.481 e. The van der Waals surface area contributed by atoms with Crippen LogP contribution in [0.3, 0.4) is 0 Å². The zero-order valence-corrected chi connectivity index (χ0v) is 12.4. The fraction of sp³-hybridized carbons (Fsp3) is 0.278. The van der Waals surface area contributed by atoms with Gasteiger partial charge in [0.15, 0.2) is 0 Å². The first-order valence-electron chi connectivity index (χ1n) is 7.11. The van der Waals surface area contributed by atoms with Gasteiger partial charge in [-0.15, -0.1) is 0 Å². The molecule has 0 radical (unpaired) electrons. The lowest BCUT2D eigenvalue weighted by atomic mass is 9.71. The second-order valence-electron chi connectivity index (χ2n) is 5.66. The Kier molecular flexibility index (Phi) is 4.93. The number of rotatable bonds is 5. The van der Waals surface area contributed by atoms with Crippen LogP contribution in [0.4, 0.5) is 4.39 Å². The number of hydrogen-bond acceptors (Lipinski definition) is 2. The summed E-state index contributed by atoms with van der Waals surface area (Å²) in [6.07, 6.45) is 9.42. The highest BCUT2D eigenvalue weighted by Gasteiger charge is 2.35. The average Bonchev–Trinajstić information content (AvgIpc) is 2.49. The third kappa shape index (κ3) is 3.52. The van der Waals surface area contributed by atoms with Gasteiger partial charge in [-0.2, -0.15) is 0 Å². The van der Waals surface area contributed by atoms with E-state index in [1.165, 1.54) is 12.1 Å². The summed E-state index contributed by atoms with van der Waals surface area (Å²) in [4.78, 5) is 11.4. The average molecular weight is 302 g/mol. The molecule has 1 aromatic carbocycles. The first kappa shape index (κ1) is 16.2. The number of benzene rings is 1. The minimum absolute atomic E-state index is 0.182. The molecular formula is C18H19FO3. The van der Waals surface area contributed by atoms with Crippen molar-refractivity contribution in [2.24, 2.45) is 11.3 Å². The predicted molar refractivity (Wildman–Crippen MR) is 83.6 cm³/mol. The van der Waals surface area contributed by atoms with Crippen molar-refractivity contribution in [3.8, 4) is 0 Å². The van der Waals surface area contributed by atoms with E-state index in [0.29, 0.717) is 12.0 Å². The number of aliphatic carboxylic acids is 1. The van der Waals surface area contributed by atoms with Crippen LogP contribution in [0, 0.1) is 17.2 Å². The van der Waals surface area contributed by atoms with Gasteiger partial charge in [0.2, 0.25) is 0 Å². The highest BCUT2D eigenvalue weighted by atomic mass is 19.1. The van der Waals surface area contributed by atoms with Gasteiger partial charge in [-0.3, -0.25) is 4.79 Å². The maximum Gasteiger partial charge on any atom is 0.311 e. The number of carbonyl (C=O) groups is 1. The van der Waals surface area contributed by atoms with E-state index in [4.69, 9.17) is 0 Å². The van der Waals surface area contributed by atoms with Gasteiger partial charge >= 0.3 is 5.97 Å². The van der Waals surface area contributed by atoms with Crippen LogP contribution in [0.2, 0.25) is 0 Å². The number of aliphatic hydroxyl groups excluding tert-OH is 1. The molecule has 1 aliphatic carbocycles. The van der Waals surface area contributed by atoms with Crippen LogP contribution in [0.25, 0.3) is 5.57 Å². The van der Waals surface area contributed by atoms with E-state index in [-0.39, 0.29) is 12.4 Å². The number of halogens is 1. The lowest BCUT2D eigenvalue weighted by Crippen LogP contribution is -2.31. The van der Waals surface area contributed by atoms with Crippen molar-refractivity contribution in [3.05, 3.63) is 66.0 Å². The standard InChI is InChI=1S/C18H19FO3/c1-18(10-3-2-4-16(18)17(21)22)11-9-14(12-20)13-5-7-15(19)8-6-13/h2-10,16,20H,11-12H2,1H3,(H,21,22)/b14-9+. The molecule has 2 rings (SSSR count). The number of allylic oxidation sites excluding steroid dienone is 4. The quantitative estimate of drug-likeness (QED) is 0.876. The van der Waals surface area contributed by atoms with Crippen molar-refractivity contribution in [3.63, 3.8) is 0 Å². The molecular weight excluding hydrogens is 283 g/mol. The lowest BCUT2D eigenvalue weighted by molar-refractivity contribution is -0.142. The number of carboxylic acid groups (broad SMARTS) is 1. The van der Waals surface area contributed by atoms with Crippen molar-refractivity contribution in [2.45, 2.75) is 13.3 Å². The first-order chi connectivity index (χ1) is 10.5. The lowest BCUT2D eigenvalue weighted by Gasteiger charge is -2.31. The molecule has 0 fully saturated rings. The number of aliphatic hydroxyl groups is 1. The number of carboxylic acids is 1. The molecule has 0 spiro atoms. The topological polar surface area (TPSA) is 57.5 Å². The molecule has 0 saturated carbocycles. The Morgan fingerprint density at radius 2 is 2.00 bits per heavy atom. The van der Waals surface area contributed by atoms with Gasteiger partial charge in [0.1, 0.15) is 5.82 Å². The predicted octanol–water partition coefficient (Wildman–Crippen LogP) is 3.42. The molecule has 3 nitrogen and oxygen atoms in total. The summed E-state index contributed by atoms with van der Waals surface area (Å²) in [7, 11) is 0. The Hall–Kier alpha value is -2.20. The first-order valence-corrected chi connectivity index (χ1v) is 7.11. The molecule has 0 bridgehead atoms. The summed E-state index contributed by atoms with van der Waals surface area (Å²) in [5.41, 5.74) is 0.837. The van der Waals surface area contributed by atoms with Gasteiger partial charge in [-0.05, 0) is 29.7 Å². The molecule has 0 heterocycles. The normalized spacial score (nSPS) is 24.5. The Balaban J connectivity index is 2.23. The van der Waals surface area contributed by atoms with Crippen LogP contribution in [0.1, 0.15) is 18.9 Å². The van der Waals surface area contributed by atoms with Crippen molar-refractivity contribution in [1.82, 2.24) is 0 Å². The van der Waals surface area contributed by atoms with Crippen molar-refractivity contribution in [2.75, 3.05) is 6.61 Å². The molecule has 4 heteroatoms. The second-order valence-corrected chi connectivity index (χ2v) is 5.66. The minimum atomic E-state index is -0.871. The third-order valence-electron chi connectivity index (χ3n) is 4.04. The maximum absolute atomic E-state index is 13.0. The van der Waals surface area contributed by atoms with E-state index in [2.05, 4.69) is 0 Å². The fourth-order valence-electron chi connectivity index (χ4n) is 2.61. The minimum Gasteiger partial charge on any atom is -0.481 e. The Morgan fingerprint density at radius 1 is 1.32 bits per heavy atom. The Morgan fingerprint density at radius 3 is 2.59 bits per heavy atom. The molecule has 22 heavy (non-hydrogen) atoms. The summed E-state index contributed by atoms with van der Waals surface area (Å²) in [6.45, 7) is 1.70. The summed E-state index contributed by atoms with van der Waals surface area (Å²) >= 11 is 0. The molecule has 2 N–H and O–H groups in total. The van der Waals surface area contributed by atoms with Crippen LogP contribution >= 0.6 is 0 Å². The molecule has 0 aromatic heterocycles. The van der Waals surface area contributed by atoms with Gasteiger partial charge in [0, 0.05) is 5.41 Å². The molecule has 0 amide bonds. The van der Waals surface area contributed by atoms with Crippen LogP contribution in [-0.2, 0) is 4.79 Å². The SMILES string of the molecule is CC1(C/C=C(\CO)c2ccc(F)cc2)C=CC=CC1C(=O)O. The van der Waals surface area contributed by atoms with Crippen LogP contribution in [0.5, 0.6) is 0 Å². The van der Waals surface area contributed by atoms with Gasteiger partial charge in [-0.25, -0.2) is 4.39 Å². The highest BCUT2D eigenvalue weighted by molar-refractivity contribution is 5.74. The van der Waals surface area contributed by atoms with Gasteiger partial charge in [-0.1, -0.05) is 49.4 Å². The van der Waals surface area contributed by atoms with E-state index >= 15 is 0 Å². The molecule has 2 atom stereocenters. The van der Waals surface area contributed by atoms with Crippen molar-refractivity contribution in [1.29, 1.82) is 0 Å². The van der Waals surface area contributed by atoms with Crippen molar-refractivity contribution >= 4 is 11.5 Å². The van der Waals surface area contributed by atoms with E-state index in [1.807, 2.05) is 25.2 Å². The van der Waals surface area contributed by atoms with E-state index < -0.39 is 17.3 Å². The van der Waals surface area contributed by atoms with E-state index in [9.17, 15) is 19.4 Å². The maximum atomic E-state index is 13.0. The van der Waals surface area contributed by atoms with Crippen LogP contribution < -0.4 is 0 Å². The van der Waals surface area contributed by atoms with E-state index in [1.54, 1.807) is 24.3 Å². The monoisotopic (exact) mass is 302 g/mol. The molecule has 1 aliphatic rings. The van der Waals surface area contributed by atoms with Gasteiger partial charge in [0.05, 0.1) is 12.5 Å². The second kappa shape index (κ2) is 6.71. The van der Waals surface area contributed by atoms with Crippen molar-refractivity contribution < 1.29 is 19.4 Å². The highest BCUT2D eigenvalue weighted by Crippen LogP contribution is 2.38.